The predicted molar refractivity (Wildman–Crippen MR) is 108 cm³/mol. The molecule has 166 valence electrons. The van der Waals surface area contributed by atoms with Crippen LogP contribution in [0.3, 0.4) is 0 Å². The Balaban J connectivity index is 1.47. The number of benzene rings is 3. The molecule has 1 heterocycles. The van der Waals surface area contributed by atoms with Gasteiger partial charge in [0, 0.05) is 18.3 Å². The van der Waals surface area contributed by atoms with Gasteiger partial charge in [0.1, 0.15) is 12.4 Å². The summed E-state index contributed by atoms with van der Waals surface area (Å²) in [7, 11) is 0. The largest absolute Gasteiger partial charge is 0.489 e. The maximum absolute atomic E-state index is 13.0. The van der Waals surface area contributed by atoms with Crippen LogP contribution in [0.15, 0.2) is 79.0 Å². The molecule has 0 aliphatic carbocycles. The fourth-order valence-electron chi connectivity index (χ4n) is 3.39. The van der Waals surface area contributed by atoms with Gasteiger partial charge in [-0.3, -0.25) is 0 Å². The number of rotatable bonds is 5. The predicted octanol–water partition coefficient (Wildman–Crippen LogP) is 7.31. The second kappa shape index (κ2) is 8.26. The zero-order valence-corrected chi connectivity index (χ0v) is 16.5. The first-order valence-electron chi connectivity index (χ1n) is 9.63. The molecule has 1 aromatic heterocycles. The summed E-state index contributed by atoms with van der Waals surface area (Å²) in [6.45, 7) is 0.461. The summed E-state index contributed by atoms with van der Waals surface area (Å²) in [6, 6.07) is 18.4. The van der Waals surface area contributed by atoms with Crippen LogP contribution in [0.25, 0.3) is 10.9 Å². The van der Waals surface area contributed by atoms with E-state index in [0.29, 0.717) is 24.2 Å². The fraction of sp³-hybridized carbons (Fsp3) is 0.167. The van der Waals surface area contributed by atoms with Gasteiger partial charge in [0.25, 0.3) is 0 Å². The van der Waals surface area contributed by atoms with Gasteiger partial charge in [-0.15, -0.1) is 0 Å². The molecule has 0 aliphatic heterocycles. The van der Waals surface area contributed by atoms with Gasteiger partial charge >= 0.3 is 12.4 Å². The van der Waals surface area contributed by atoms with Gasteiger partial charge in [0.05, 0.1) is 11.1 Å². The van der Waals surface area contributed by atoms with Crippen molar-refractivity contribution in [2.24, 2.45) is 0 Å². The molecule has 2 nitrogen and oxygen atoms in total. The first-order chi connectivity index (χ1) is 15.1. The number of ether oxygens (including phenoxy) is 1. The SMILES string of the molecule is FC(F)(F)c1cc(OCc2ccc(Cn3ccc4ccccc43)cc2)cc(C(F)(F)F)c1. The van der Waals surface area contributed by atoms with Gasteiger partial charge in [0.15, 0.2) is 0 Å². The number of para-hydroxylation sites is 1. The molecule has 0 saturated carbocycles. The summed E-state index contributed by atoms with van der Waals surface area (Å²) in [4.78, 5) is 0. The van der Waals surface area contributed by atoms with Crippen LogP contribution in [0.2, 0.25) is 0 Å². The number of nitrogens with zero attached hydrogens (tertiary/aromatic N) is 1. The van der Waals surface area contributed by atoms with E-state index in [1.165, 1.54) is 0 Å². The van der Waals surface area contributed by atoms with Crippen LogP contribution in [0.4, 0.5) is 26.3 Å². The highest BCUT2D eigenvalue weighted by atomic mass is 19.4. The van der Waals surface area contributed by atoms with Crippen LogP contribution in [0.1, 0.15) is 22.3 Å². The minimum Gasteiger partial charge on any atom is -0.489 e. The quantitative estimate of drug-likeness (QED) is 0.292. The number of fused-ring (bicyclic) bond motifs is 1. The van der Waals surface area contributed by atoms with Crippen molar-refractivity contribution in [3.8, 4) is 5.75 Å². The number of aromatic nitrogens is 1. The molecule has 0 aliphatic rings. The van der Waals surface area contributed by atoms with Crippen molar-refractivity contribution in [2.45, 2.75) is 25.5 Å². The molecule has 0 unspecified atom stereocenters. The Kier molecular flexibility index (Phi) is 5.62. The maximum atomic E-state index is 13.0. The summed E-state index contributed by atoms with van der Waals surface area (Å²) in [5.41, 5.74) is -0.108. The Labute approximate surface area is 179 Å². The van der Waals surface area contributed by atoms with Crippen LogP contribution in [-0.2, 0) is 25.5 Å². The van der Waals surface area contributed by atoms with Crippen molar-refractivity contribution in [3.63, 3.8) is 0 Å². The molecule has 0 spiro atoms. The van der Waals surface area contributed by atoms with E-state index in [2.05, 4.69) is 4.57 Å². The standard InChI is InChI=1S/C24H17F6NO/c25-23(26,27)19-11-20(24(28,29)30)13-21(12-19)32-15-17-7-5-16(6-8-17)14-31-10-9-18-3-1-2-4-22(18)31/h1-13H,14-15H2. The molecule has 0 saturated heterocycles. The van der Waals surface area contributed by atoms with Gasteiger partial charge in [-0.25, -0.2) is 0 Å². The highest BCUT2D eigenvalue weighted by molar-refractivity contribution is 5.80. The smallest absolute Gasteiger partial charge is 0.416 e. The normalized spacial score (nSPS) is 12.3. The Morgan fingerprint density at radius 2 is 1.28 bits per heavy atom. The summed E-state index contributed by atoms with van der Waals surface area (Å²) in [5.74, 6) is -0.491. The molecule has 3 aromatic carbocycles. The average Bonchev–Trinajstić information content (AvgIpc) is 3.15. The zero-order chi connectivity index (χ0) is 22.9. The number of hydrogen-bond donors (Lipinski definition) is 0. The molecule has 0 radical (unpaired) electrons. The molecule has 32 heavy (non-hydrogen) atoms. The van der Waals surface area contributed by atoms with Gasteiger partial charge in [0.2, 0.25) is 0 Å². The van der Waals surface area contributed by atoms with Crippen LogP contribution in [0.5, 0.6) is 5.75 Å². The van der Waals surface area contributed by atoms with E-state index in [-0.39, 0.29) is 12.7 Å². The third-order valence-corrected chi connectivity index (χ3v) is 5.02. The third kappa shape index (κ3) is 4.90. The average molecular weight is 449 g/mol. The second-order valence-electron chi connectivity index (χ2n) is 7.35. The Morgan fingerprint density at radius 1 is 0.688 bits per heavy atom. The molecule has 4 aromatic rings. The molecule has 0 amide bonds. The monoisotopic (exact) mass is 449 g/mol. The van der Waals surface area contributed by atoms with Crippen molar-refractivity contribution >= 4 is 10.9 Å². The Bertz CT molecular complexity index is 1190. The van der Waals surface area contributed by atoms with E-state index < -0.39 is 29.2 Å². The first-order valence-corrected chi connectivity index (χ1v) is 9.63. The number of alkyl halides is 6. The van der Waals surface area contributed by atoms with Crippen molar-refractivity contribution in [1.29, 1.82) is 0 Å². The minimum atomic E-state index is -4.91. The summed E-state index contributed by atoms with van der Waals surface area (Å²) >= 11 is 0. The van der Waals surface area contributed by atoms with Crippen LogP contribution < -0.4 is 4.74 Å². The topological polar surface area (TPSA) is 14.2 Å². The molecule has 0 bridgehead atoms. The second-order valence-corrected chi connectivity index (χ2v) is 7.35. The van der Waals surface area contributed by atoms with Gasteiger partial charge < -0.3 is 9.30 Å². The summed E-state index contributed by atoms with van der Waals surface area (Å²) in [5, 5.41) is 1.12. The fourth-order valence-corrected chi connectivity index (χ4v) is 3.39. The minimum absolute atomic E-state index is 0.0760. The van der Waals surface area contributed by atoms with Gasteiger partial charge in [-0.1, -0.05) is 42.5 Å². The lowest BCUT2D eigenvalue weighted by Gasteiger charge is -2.15. The van der Waals surface area contributed by atoms with E-state index in [4.69, 9.17) is 4.74 Å². The van der Waals surface area contributed by atoms with Crippen molar-refractivity contribution in [2.75, 3.05) is 0 Å². The first kappa shape index (κ1) is 21.8. The lowest BCUT2D eigenvalue weighted by molar-refractivity contribution is -0.143. The van der Waals surface area contributed by atoms with Gasteiger partial charge in [-0.2, -0.15) is 26.3 Å². The van der Waals surface area contributed by atoms with Crippen LogP contribution in [-0.4, -0.2) is 4.57 Å². The van der Waals surface area contributed by atoms with E-state index >= 15 is 0 Å². The summed E-state index contributed by atoms with van der Waals surface area (Å²) in [6.07, 6.45) is -7.85. The van der Waals surface area contributed by atoms with Crippen LogP contribution in [0, 0.1) is 0 Å². The molecule has 4 rings (SSSR count). The Hall–Kier alpha value is -3.42. The molecule has 0 fully saturated rings. The maximum Gasteiger partial charge on any atom is 0.416 e. The van der Waals surface area contributed by atoms with Crippen molar-refractivity contribution in [1.82, 2.24) is 4.57 Å². The molecule has 8 heteroatoms. The molecular formula is C24H17F6NO. The lowest BCUT2D eigenvalue weighted by Crippen LogP contribution is -2.11. The van der Waals surface area contributed by atoms with E-state index in [0.717, 1.165) is 16.5 Å². The molecule has 0 atom stereocenters. The molecular weight excluding hydrogens is 432 g/mol. The van der Waals surface area contributed by atoms with E-state index in [1.807, 2.05) is 48.7 Å². The number of halogens is 6. The van der Waals surface area contributed by atoms with Crippen molar-refractivity contribution < 1.29 is 31.1 Å². The third-order valence-electron chi connectivity index (χ3n) is 5.02. The Morgan fingerprint density at radius 3 is 1.91 bits per heavy atom. The van der Waals surface area contributed by atoms with E-state index in [1.54, 1.807) is 12.1 Å². The molecule has 0 N–H and O–H groups in total. The lowest BCUT2D eigenvalue weighted by atomic mass is 10.1. The van der Waals surface area contributed by atoms with Crippen molar-refractivity contribution in [3.05, 3.63) is 101 Å². The highest BCUT2D eigenvalue weighted by Crippen LogP contribution is 2.38. The highest BCUT2D eigenvalue weighted by Gasteiger charge is 2.37. The summed E-state index contributed by atoms with van der Waals surface area (Å²) < 4.78 is 85.2. The van der Waals surface area contributed by atoms with Crippen LogP contribution >= 0.6 is 0 Å². The van der Waals surface area contributed by atoms with E-state index in [9.17, 15) is 26.3 Å². The number of hydrogen-bond acceptors (Lipinski definition) is 1. The zero-order valence-electron chi connectivity index (χ0n) is 16.5. The van der Waals surface area contributed by atoms with Gasteiger partial charge in [-0.05, 0) is 46.8 Å².